The van der Waals surface area contributed by atoms with Gasteiger partial charge in [-0.3, -0.25) is 0 Å². The largest absolute Gasteiger partial charge is 0.416 e. The predicted molar refractivity (Wildman–Crippen MR) is 106 cm³/mol. The summed E-state index contributed by atoms with van der Waals surface area (Å²) in [6.45, 7) is 0. The smallest absolute Gasteiger partial charge is 0.218 e. The number of benzene rings is 2. The van der Waals surface area contributed by atoms with Gasteiger partial charge in [-0.2, -0.15) is 36.9 Å². The van der Waals surface area contributed by atoms with Gasteiger partial charge in [-0.05, 0) is 47.5 Å². The van der Waals surface area contributed by atoms with E-state index in [-0.39, 0.29) is 16.7 Å². The van der Waals surface area contributed by atoms with Crippen molar-refractivity contribution < 1.29 is 34.8 Å². The summed E-state index contributed by atoms with van der Waals surface area (Å²) in [5.41, 5.74) is -3.01. The first-order valence-electron chi connectivity index (χ1n) is 8.87. The number of sulfone groups is 1. The fraction of sp³-hybridized carbons (Fsp3) is 0.0909. The zero-order chi connectivity index (χ0) is 24.6. The molecule has 4 nitrogen and oxygen atoms in total. The lowest BCUT2D eigenvalue weighted by atomic mass is 10.0. The quantitative estimate of drug-likeness (QED) is 0.397. The minimum atomic E-state index is -4.66. The monoisotopic (exact) mass is 480 g/mol. The molecule has 0 amide bonds. The molecule has 2 aromatic rings. The molecule has 0 saturated heterocycles. The molecule has 0 unspecified atom stereocenters. The van der Waals surface area contributed by atoms with Gasteiger partial charge in [-0.15, -0.1) is 0 Å². The third-order valence-corrected chi connectivity index (χ3v) is 6.52. The highest BCUT2D eigenvalue weighted by atomic mass is 32.2. The number of hydrogen-bond acceptors (Lipinski definition) is 4. The first-order valence-corrected chi connectivity index (χ1v) is 10.4. The second kappa shape index (κ2) is 8.26. The lowest BCUT2D eigenvalue weighted by molar-refractivity contribution is -0.138. The van der Waals surface area contributed by atoms with E-state index in [1.165, 1.54) is 0 Å². The first kappa shape index (κ1) is 23.8. The van der Waals surface area contributed by atoms with Gasteiger partial charge in [0.1, 0.15) is 17.7 Å². The van der Waals surface area contributed by atoms with Gasteiger partial charge in [-0.25, -0.2) is 8.42 Å². The van der Waals surface area contributed by atoms with Gasteiger partial charge in [0, 0.05) is 5.57 Å². The van der Waals surface area contributed by atoms with E-state index in [9.17, 15) is 45.3 Å². The molecule has 1 aliphatic heterocycles. The van der Waals surface area contributed by atoms with E-state index in [4.69, 9.17) is 0 Å². The van der Waals surface area contributed by atoms with Crippen LogP contribution in [0.3, 0.4) is 0 Å². The molecule has 0 spiro atoms. The van der Waals surface area contributed by atoms with E-state index < -0.39 is 48.7 Å². The van der Waals surface area contributed by atoms with Crippen molar-refractivity contribution in [2.45, 2.75) is 12.4 Å². The molecule has 3 rings (SSSR count). The van der Waals surface area contributed by atoms with Gasteiger partial charge in [0.2, 0.25) is 9.84 Å². The van der Waals surface area contributed by atoms with Crippen LogP contribution in [0.4, 0.5) is 26.3 Å². The molecule has 0 aliphatic carbocycles. The molecular formula is C22H10F6N2O2S. The highest BCUT2D eigenvalue weighted by Gasteiger charge is 2.34. The van der Waals surface area contributed by atoms with E-state index in [1.807, 2.05) is 0 Å². The summed E-state index contributed by atoms with van der Waals surface area (Å²) in [7, 11) is -4.44. The lowest BCUT2D eigenvalue weighted by Crippen LogP contribution is -2.12. The Labute approximate surface area is 183 Å². The van der Waals surface area contributed by atoms with Crippen LogP contribution in [0.15, 0.2) is 71.8 Å². The Morgan fingerprint density at radius 1 is 0.667 bits per heavy atom. The number of nitrogens with zero attached hydrogens (tertiary/aromatic N) is 2. The zero-order valence-corrected chi connectivity index (χ0v) is 17.0. The van der Waals surface area contributed by atoms with Crippen molar-refractivity contribution in [2.75, 3.05) is 0 Å². The number of halogens is 6. The molecule has 0 aromatic heterocycles. The molecule has 0 radical (unpaired) electrons. The number of allylic oxidation sites excluding steroid dienone is 4. The molecule has 0 bridgehead atoms. The molecule has 0 atom stereocenters. The van der Waals surface area contributed by atoms with Crippen LogP contribution >= 0.6 is 0 Å². The Morgan fingerprint density at radius 2 is 1.00 bits per heavy atom. The summed E-state index contributed by atoms with van der Waals surface area (Å²) in [6.07, 6.45) is -7.40. The van der Waals surface area contributed by atoms with Crippen LogP contribution in [0, 0.1) is 22.7 Å². The molecule has 0 saturated carbocycles. The fourth-order valence-electron chi connectivity index (χ4n) is 3.02. The van der Waals surface area contributed by atoms with Crippen molar-refractivity contribution in [3.05, 3.63) is 94.1 Å². The molecule has 1 heterocycles. The van der Waals surface area contributed by atoms with Crippen LogP contribution in [0.1, 0.15) is 22.3 Å². The van der Waals surface area contributed by atoms with Crippen LogP contribution < -0.4 is 0 Å². The molecule has 0 fully saturated rings. The summed E-state index contributed by atoms with van der Waals surface area (Å²) >= 11 is 0. The van der Waals surface area contributed by atoms with E-state index in [0.29, 0.717) is 24.3 Å². The maximum absolute atomic E-state index is 13.3. The van der Waals surface area contributed by atoms with Crippen molar-refractivity contribution >= 4 is 19.6 Å². The van der Waals surface area contributed by atoms with Crippen LogP contribution in [-0.2, 0) is 22.2 Å². The number of nitriles is 2. The van der Waals surface area contributed by atoms with Crippen molar-refractivity contribution in [3.63, 3.8) is 0 Å². The van der Waals surface area contributed by atoms with Crippen LogP contribution in [0.25, 0.3) is 9.81 Å². The number of alkyl halides is 6. The zero-order valence-electron chi connectivity index (χ0n) is 16.2. The molecule has 1 aliphatic rings. The average molecular weight is 480 g/mol. The van der Waals surface area contributed by atoms with Crippen molar-refractivity contribution in [3.8, 4) is 12.1 Å². The van der Waals surface area contributed by atoms with Crippen molar-refractivity contribution in [2.24, 2.45) is 0 Å². The summed E-state index contributed by atoms with van der Waals surface area (Å²) in [5, 5.41) is 18.4. The van der Waals surface area contributed by atoms with Gasteiger partial charge in [0.15, 0.2) is 0 Å². The minimum Gasteiger partial charge on any atom is -0.218 e. The van der Waals surface area contributed by atoms with Gasteiger partial charge < -0.3 is 0 Å². The molecule has 2 aromatic carbocycles. The van der Waals surface area contributed by atoms with Crippen LogP contribution in [0.5, 0.6) is 0 Å². The summed E-state index contributed by atoms with van der Waals surface area (Å²) in [5.74, 6) is 0. The van der Waals surface area contributed by atoms with E-state index in [1.54, 1.807) is 12.1 Å². The molecule has 168 valence electrons. The highest BCUT2D eigenvalue weighted by Crippen LogP contribution is 2.41. The van der Waals surface area contributed by atoms with E-state index >= 15 is 0 Å². The van der Waals surface area contributed by atoms with Crippen LogP contribution in [0.2, 0.25) is 0 Å². The lowest BCUT2D eigenvalue weighted by Gasteiger charge is -2.19. The maximum atomic E-state index is 13.3. The summed E-state index contributed by atoms with van der Waals surface area (Å²) in [4.78, 5) is -1.02. The second-order valence-corrected chi connectivity index (χ2v) is 8.61. The normalized spacial score (nSPS) is 15.7. The molecule has 0 N–H and O–H groups in total. The van der Waals surface area contributed by atoms with E-state index in [2.05, 4.69) is 0 Å². The summed E-state index contributed by atoms with van der Waals surface area (Å²) < 4.78 is 104. The maximum Gasteiger partial charge on any atom is 0.416 e. The Kier molecular flexibility index (Phi) is 5.96. The second-order valence-electron chi connectivity index (χ2n) is 6.72. The SMILES string of the molecule is N#CC(C#N)=C1C=C(c2ccc(C(F)(F)F)cc2)S(=O)(=O)C(c2ccc(C(F)(F)F)cc2)=C1. The van der Waals surface area contributed by atoms with Gasteiger partial charge in [-0.1, -0.05) is 24.3 Å². The number of rotatable bonds is 2. The van der Waals surface area contributed by atoms with Crippen molar-refractivity contribution in [1.82, 2.24) is 0 Å². The Hall–Kier alpha value is -3.83. The van der Waals surface area contributed by atoms with Crippen molar-refractivity contribution in [1.29, 1.82) is 10.5 Å². The Bertz CT molecular complexity index is 1280. The third kappa shape index (κ3) is 4.69. The molecule has 11 heteroatoms. The number of hydrogen-bond donors (Lipinski definition) is 0. The summed E-state index contributed by atoms with van der Waals surface area (Å²) in [6, 6.07) is 9.50. The minimum absolute atomic E-state index is 0.153. The van der Waals surface area contributed by atoms with Gasteiger partial charge >= 0.3 is 12.4 Å². The first-order chi connectivity index (χ1) is 15.3. The van der Waals surface area contributed by atoms with Gasteiger partial charge in [0.05, 0.1) is 20.9 Å². The highest BCUT2D eigenvalue weighted by molar-refractivity contribution is 8.09. The third-order valence-electron chi connectivity index (χ3n) is 4.66. The topological polar surface area (TPSA) is 81.7 Å². The van der Waals surface area contributed by atoms with Gasteiger partial charge in [0.25, 0.3) is 0 Å². The predicted octanol–water partition coefficient (Wildman–Crippen LogP) is 5.88. The molecular weight excluding hydrogens is 470 g/mol. The Morgan fingerprint density at radius 3 is 1.27 bits per heavy atom. The molecule has 33 heavy (non-hydrogen) atoms. The Balaban J connectivity index is 2.21. The van der Waals surface area contributed by atoms with Crippen LogP contribution in [-0.4, -0.2) is 8.42 Å². The fourth-order valence-corrected chi connectivity index (χ4v) is 4.71. The van der Waals surface area contributed by atoms with E-state index in [0.717, 1.165) is 36.4 Å². The average Bonchev–Trinajstić information content (AvgIpc) is 2.74. The standard InChI is InChI=1S/C22H10F6N2O2S/c23-21(24,25)17-5-1-13(2-6-17)19-9-15(16(11-29)12-30)10-20(33(19,31)32)14-3-7-18(8-4-14)22(26,27)28/h1-10H.